The Morgan fingerprint density at radius 1 is 1.13 bits per heavy atom. The van der Waals surface area contributed by atoms with E-state index in [1.54, 1.807) is 18.2 Å². The average Bonchev–Trinajstić information content (AvgIpc) is 2.48. The molecular weight excluding hydrogens is 312 g/mol. The third-order valence-electron chi connectivity index (χ3n) is 3.82. The SMILES string of the molecule is C=CCc1c(CCCCCCCCC)cccc1OS(=O)(=O)O. The lowest BCUT2D eigenvalue weighted by Crippen LogP contribution is -2.09. The Morgan fingerprint density at radius 3 is 2.39 bits per heavy atom. The molecule has 1 aromatic rings. The quantitative estimate of drug-likeness (QED) is 0.334. The second-order valence-electron chi connectivity index (χ2n) is 5.77. The van der Waals surface area contributed by atoms with Crippen LogP contribution in [-0.2, 0) is 23.2 Å². The van der Waals surface area contributed by atoms with Gasteiger partial charge in [-0.25, -0.2) is 0 Å². The Balaban J connectivity index is 2.63. The number of hydrogen-bond donors (Lipinski definition) is 1. The lowest BCUT2D eigenvalue weighted by atomic mass is 9.97. The van der Waals surface area contributed by atoms with Crippen LogP contribution in [0, 0.1) is 0 Å². The second kappa shape index (κ2) is 10.4. The zero-order chi connectivity index (χ0) is 17.1. The van der Waals surface area contributed by atoms with Crippen molar-refractivity contribution in [3.63, 3.8) is 0 Å². The van der Waals surface area contributed by atoms with E-state index < -0.39 is 10.4 Å². The van der Waals surface area contributed by atoms with Gasteiger partial charge >= 0.3 is 10.4 Å². The van der Waals surface area contributed by atoms with Gasteiger partial charge in [-0.1, -0.05) is 63.7 Å². The molecule has 0 saturated heterocycles. The van der Waals surface area contributed by atoms with Crippen LogP contribution >= 0.6 is 0 Å². The molecule has 0 atom stereocenters. The summed E-state index contributed by atoms with van der Waals surface area (Å²) in [6.45, 7) is 5.92. The summed E-state index contributed by atoms with van der Waals surface area (Å²) in [4.78, 5) is 0. The van der Waals surface area contributed by atoms with Crippen molar-refractivity contribution in [2.75, 3.05) is 0 Å². The van der Waals surface area contributed by atoms with Crippen molar-refractivity contribution in [3.8, 4) is 5.75 Å². The standard InChI is InChI=1S/C18H28O4S/c1-3-5-6-7-8-9-10-13-16-14-11-15-18(17(16)12-4-2)22-23(19,20)21/h4,11,14-15H,2-3,5-10,12-13H2,1H3,(H,19,20,21). The fraction of sp³-hybridized carbons (Fsp3) is 0.556. The predicted octanol–water partition coefficient (Wildman–Crippen LogP) is 4.89. The minimum Gasteiger partial charge on any atom is -0.361 e. The second-order valence-corrected chi connectivity index (χ2v) is 6.79. The summed E-state index contributed by atoms with van der Waals surface area (Å²) in [7, 11) is -4.51. The molecule has 0 heterocycles. The first kappa shape index (κ1) is 19.7. The molecule has 5 heteroatoms. The third kappa shape index (κ3) is 8.18. The molecule has 0 aliphatic carbocycles. The van der Waals surface area contributed by atoms with E-state index in [1.165, 1.54) is 38.5 Å². The van der Waals surface area contributed by atoms with Gasteiger partial charge in [0.25, 0.3) is 0 Å². The van der Waals surface area contributed by atoms with E-state index in [2.05, 4.69) is 17.7 Å². The molecule has 0 radical (unpaired) electrons. The molecule has 0 fully saturated rings. The van der Waals surface area contributed by atoms with Crippen molar-refractivity contribution < 1.29 is 17.2 Å². The average molecular weight is 340 g/mol. The highest BCUT2D eigenvalue weighted by atomic mass is 32.3. The first-order valence-electron chi connectivity index (χ1n) is 8.36. The van der Waals surface area contributed by atoms with Crippen LogP contribution in [-0.4, -0.2) is 13.0 Å². The molecule has 1 aromatic carbocycles. The van der Waals surface area contributed by atoms with Crippen LogP contribution in [0.5, 0.6) is 5.75 Å². The number of rotatable bonds is 12. The van der Waals surface area contributed by atoms with Gasteiger partial charge in [0, 0.05) is 5.56 Å². The molecule has 0 amide bonds. The van der Waals surface area contributed by atoms with Crippen LogP contribution < -0.4 is 4.18 Å². The van der Waals surface area contributed by atoms with Gasteiger partial charge < -0.3 is 4.18 Å². The van der Waals surface area contributed by atoms with Crippen LogP contribution in [0.1, 0.15) is 63.0 Å². The molecule has 0 saturated carbocycles. The molecule has 130 valence electrons. The van der Waals surface area contributed by atoms with Crippen LogP contribution in [0.2, 0.25) is 0 Å². The highest BCUT2D eigenvalue weighted by molar-refractivity contribution is 7.81. The van der Waals surface area contributed by atoms with Gasteiger partial charge in [-0.15, -0.1) is 6.58 Å². The summed E-state index contributed by atoms with van der Waals surface area (Å²) in [5.41, 5.74) is 1.84. The highest BCUT2D eigenvalue weighted by Crippen LogP contribution is 2.26. The van der Waals surface area contributed by atoms with Gasteiger partial charge in [-0.2, -0.15) is 8.42 Å². The fourth-order valence-corrected chi connectivity index (χ4v) is 3.07. The maximum absolute atomic E-state index is 11.0. The first-order valence-corrected chi connectivity index (χ1v) is 9.73. The van der Waals surface area contributed by atoms with Crippen LogP contribution in [0.4, 0.5) is 0 Å². The molecule has 0 spiro atoms. The van der Waals surface area contributed by atoms with Gasteiger partial charge in [0.05, 0.1) is 0 Å². The number of aryl methyl sites for hydroxylation is 1. The molecule has 23 heavy (non-hydrogen) atoms. The van der Waals surface area contributed by atoms with Crippen molar-refractivity contribution in [2.24, 2.45) is 0 Å². The number of allylic oxidation sites excluding steroid dienone is 1. The van der Waals surface area contributed by atoms with E-state index in [-0.39, 0.29) is 5.75 Å². The molecule has 4 nitrogen and oxygen atoms in total. The summed E-state index contributed by atoms with van der Waals surface area (Å²) in [6, 6.07) is 5.29. The van der Waals surface area contributed by atoms with E-state index in [1.807, 2.05) is 6.07 Å². The molecule has 0 aliphatic rings. The minimum absolute atomic E-state index is 0.188. The van der Waals surface area contributed by atoms with Gasteiger partial charge in [-0.05, 0) is 30.9 Å². The Bertz CT molecular complexity index is 579. The van der Waals surface area contributed by atoms with Crippen LogP contribution in [0.15, 0.2) is 30.9 Å². The van der Waals surface area contributed by atoms with Crippen molar-refractivity contribution >= 4 is 10.4 Å². The summed E-state index contributed by atoms with van der Waals surface area (Å²) >= 11 is 0. The first-order chi connectivity index (χ1) is 11.0. The maximum atomic E-state index is 11.0. The van der Waals surface area contributed by atoms with Crippen molar-refractivity contribution in [2.45, 2.75) is 64.7 Å². The van der Waals surface area contributed by atoms with Gasteiger partial charge in [-0.3, -0.25) is 4.55 Å². The molecule has 0 aliphatic heterocycles. The number of benzene rings is 1. The Morgan fingerprint density at radius 2 is 1.78 bits per heavy atom. The Kier molecular flexibility index (Phi) is 8.95. The third-order valence-corrected chi connectivity index (χ3v) is 4.21. The summed E-state index contributed by atoms with van der Waals surface area (Å²) in [5, 5.41) is 0. The zero-order valence-electron chi connectivity index (χ0n) is 14.0. The van der Waals surface area contributed by atoms with Crippen molar-refractivity contribution in [1.29, 1.82) is 0 Å². The molecule has 0 aromatic heterocycles. The molecule has 0 unspecified atom stereocenters. The monoisotopic (exact) mass is 340 g/mol. The summed E-state index contributed by atoms with van der Waals surface area (Å²) in [5.74, 6) is 0.188. The van der Waals surface area contributed by atoms with Crippen LogP contribution in [0.3, 0.4) is 0 Å². The minimum atomic E-state index is -4.51. The normalized spacial score (nSPS) is 11.4. The number of hydrogen-bond acceptors (Lipinski definition) is 3. The largest absolute Gasteiger partial charge is 0.446 e. The molecule has 0 bridgehead atoms. The van der Waals surface area contributed by atoms with Crippen molar-refractivity contribution in [1.82, 2.24) is 0 Å². The number of unbranched alkanes of at least 4 members (excludes halogenated alkanes) is 6. The van der Waals surface area contributed by atoms with E-state index in [0.29, 0.717) is 6.42 Å². The highest BCUT2D eigenvalue weighted by Gasteiger charge is 2.14. The zero-order valence-corrected chi connectivity index (χ0v) is 14.8. The lowest BCUT2D eigenvalue weighted by molar-refractivity contribution is 0.385. The van der Waals surface area contributed by atoms with Gasteiger partial charge in [0.1, 0.15) is 5.75 Å². The predicted molar refractivity (Wildman–Crippen MR) is 94.2 cm³/mol. The van der Waals surface area contributed by atoms with E-state index in [9.17, 15) is 8.42 Å². The topological polar surface area (TPSA) is 63.6 Å². The molecule has 1 N–H and O–H groups in total. The summed E-state index contributed by atoms with van der Waals surface area (Å²) < 4.78 is 35.5. The van der Waals surface area contributed by atoms with Gasteiger partial charge in [0.15, 0.2) is 0 Å². The van der Waals surface area contributed by atoms with E-state index in [4.69, 9.17) is 4.55 Å². The lowest BCUT2D eigenvalue weighted by Gasteiger charge is -2.12. The maximum Gasteiger partial charge on any atom is 0.446 e. The van der Waals surface area contributed by atoms with E-state index >= 15 is 0 Å². The smallest absolute Gasteiger partial charge is 0.361 e. The van der Waals surface area contributed by atoms with Crippen molar-refractivity contribution in [3.05, 3.63) is 42.0 Å². The van der Waals surface area contributed by atoms with Crippen LogP contribution in [0.25, 0.3) is 0 Å². The van der Waals surface area contributed by atoms with E-state index in [0.717, 1.165) is 24.0 Å². The molecular formula is C18H28O4S. The Hall–Kier alpha value is -1.33. The molecule has 1 rings (SSSR count). The fourth-order valence-electron chi connectivity index (χ4n) is 2.69. The summed E-state index contributed by atoms with van der Waals surface area (Å²) in [6.07, 6.45) is 11.7. The van der Waals surface area contributed by atoms with Gasteiger partial charge in [0.2, 0.25) is 0 Å². The Labute approximate surface area is 140 Å².